The number of hydrogen-bond donors (Lipinski definition) is 1. The van der Waals surface area contributed by atoms with E-state index in [1.54, 1.807) is 12.4 Å². The number of rotatable bonds is 4. The average Bonchev–Trinajstić information content (AvgIpc) is 3.08. The standard InChI is InChI=1S/C21H19N3O3Se/c25-21-18-19(23-14-5-7-22-8-6-14)17(13-24-9-11-26-12-10-24)28-20(18)15-3-1-2-4-16(15)27-21/h1-8H,9-13H2,(H,22,23). The molecule has 0 radical (unpaired) electrons. The molecule has 1 aromatic carbocycles. The Morgan fingerprint density at radius 1 is 1.11 bits per heavy atom. The van der Waals surface area contributed by atoms with Crippen molar-refractivity contribution in [1.29, 1.82) is 0 Å². The molecule has 0 amide bonds. The molecule has 4 aromatic rings. The molecule has 1 aliphatic heterocycles. The summed E-state index contributed by atoms with van der Waals surface area (Å²) in [5.41, 5.74) is 2.20. The van der Waals surface area contributed by atoms with Gasteiger partial charge in [-0.3, -0.25) is 0 Å². The summed E-state index contributed by atoms with van der Waals surface area (Å²) in [5, 5.41) is 5.19. The van der Waals surface area contributed by atoms with Crippen molar-refractivity contribution in [1.82, 2.24) is 9.88 Å². The van der Waals surface area contributed by atoms with Gasteiger partial charge in [-0.05, 0) is 0 Å². The van der Waals surface area contributed by atoms with Crippen LogP contribution in [-0.2, 0) is 11.3 Å². The van der Waals surface area contributed by atoms with E-state index in [4.69, 9.17) is 9.15 Å². The summed E-state index contributed by atoms with van der Waals surface area (Å²) >= 11 is 0.0541. The Hall–Kier alpha value is -2.44. The number of para-hydroxylation sites is 1. The van der Waals surface area contributed by atoms with Crippen LogP contribution in [0.5, 0.6) is 0 Å². The topological polar surface area (TPSA) is 67.6 Å². The van der Waals surface area contributed by atoms with E-state index in [9.17, 15) is 4.79 Å². The van der Waals surface area contributed by atoms with E-state index in [1.807, 2.05) is 36.4 Å². The molecule has 0 saturated carbocycles. The molecule has 7 heteroatoms. The molecule has 1 saturated heterocycles. The molecule has 1 fully saturated rings. The summed E-state index contributed by atoms with van der Waals surface area (Å²) < 4.78 is 13.5. The number of nitrogens with zero attached hydrogens (tertiary/aromatic N) is 2. The van der Waals surface area contributed by atoms with Crippen LogP contribution in [0.1, 0.15) is 4.44 Å². The van der Waals surface area contributed by atoms with E-state index >= 15 is 0 Å². The van der Waals surface area contributed by atoms with Crippen molar-refractivity contribution in [3.05, 3.63) is 63.6 Å². The number of fused-ring (bicyclic) bond motifs is 3. The zero-order valence-corrected chi connectivity index (χ0v) is 16.9. The SMILES string of the molecule is O=c1oc2ccccc2c2[se]c(CN3CCOCC3)c(Nc3ccncc3)c12. The molecule has 5 rings (SSSR count). The first kappa shape index (κ1) is 17.6. The van der Waals surface area contributed by atoms with Crippen molar-refractivity contribution in [3.63, 3.8) is 0 Å². The van der Waals surface area contributed by atoms with Crippen LogP contribution in [0.4, 0.5) is 11.4 Å². The molecule has 0 unspecified atom stereocenters. The molecule has 28 heavy (non-hydrogen) atoms. The molecule has 3 aromatic heterocycles. The van der Waals surface area contributed by atoms with Crippen LogP contribution in [0.25, 0.3) is 20.6 Å². The number of morpholine rings is 1. The zero-order valence-electron chi connectivity index (χ0n) is 15.2. The fourth-order valence-electron chi connectivity index (χ4n) is 3.54. The number of nitrogens with one attached hydrogen (secondary N) is 1. The second-order valence-electron chi connectivity index (χ2n) is 6.74. The Labute approximate surface area is 167 Å². The van der Waals surface area contributed by atoms with E-state index in [0.717, 1.165) is 53.9 Å². The third kappa shape index (κ3) is 3.27. The van der Waals surface area contributed by atoms with Gasteiger partial charge in [-0.2, -0.15) is 0 Å². The Morgan fingerprint density at radius 2 is 1.89 bits per heavy atom. The third-order valence-electron chi connectivity index (χ3n) is 4.94. The minimum atomic E-state index is -0.274. The van der Waals surface area contributed by atoms with E-state index in [0.29, 0.717) is 11.0 Å². The van der Waals surface area contributed by atoms with Crippen LogP contribution < -0.4 is 10.9 Å². The molecule has 0 spiro atoms. The molecule has 0 atom stereocenters. The Morgan fingerprint density at radius 3 is 2.71 bits per heavy atom. The molecular formula is C21H19N3O3Se. The molecule has 6 nitrogen and oxygen atoms in total. The van der Waals surface area contributed by atoms with Crippen LogP contribution in [0.3, 0.4) is 0 Å². The molecule has 4 heterocycles. The molecule has 1 aliphatic rings. The van der Waals surface area contributed by atoms with Crippen molar-refractivity contribution >= 4 is 46.5 Å². The van der Waals surface area contributed by atoms with Crippen LogP contribution in [0, 0.1) is 0 Å². The van der Waals surface area contributed by atoms with E-state index in [2.05, 4.69) is 15.2 Å². The number of pyridine rings is 1. The number of hydrogen-bond acceptors (Lipinski definition) is 6. The molecule has 142 valence electrons. The van der Waals surface area contributed by atoms with Gasteiger partial charge in [-0.1, -0.05) is 0 Å². The molecular weight excluding hydrogens is 421 g/mol. The summed E-state index contributed by atoms with van der Waals surface area (Å²) in [6.45, 7) is 4.16. The maximum absolute atomic E-state index is 12.9. The predicted octanol–water partition coefficient (Wildman–Crippen LogP) is 2.97. The number of anilines is 2. The number of aromatic nitrogens is 1. The van der Waals surface area contributed by atoms with Gasteiger partial charge in [0, 0.05) is 0 Å². The first-order valence-electron chi connectivity index (χ1n) is 9.24. The monoisotopic (exact) mass is 441 g/mol. The van der Waals surface area contributed by atoms with Gasteiger partial charge in [0.2, 0.25) is 0 Å². The normalized spacial score (nSPS) is 15.3. The molecule has 1 N–H and O–H groups in total. The van der Waals surface area contributed by atoms with Crippen molar-refractivity contribution in [3.8, 4) is 0 Å². The second-order valence-corrected chi connectivity index (χ2v) is 9.06. The summed E-state index contributed by atoms with van der Waals surface area (Å²) in [4.78, 5) is 19.4. The Bertz CT molecular complexity index is 1180. The second kappa shape index (κ2) is 7.53. The van der Waals surface area contributed by atoms with Crippen molar-refractivity contribution in [2.75, 3.05) is 31.6 Å². The fourth-order valence-corrected chi connectivity index (χ4v) is 6.30. The van der Waals surface area contributed by atoms with Crippen LogP contribution in [0.15, 0.2) is 58.0 Å². The summed E-state index contributed by atoms with van der Waals surface area (Å²) in [6.07, 6.45) is 3.49. The number of benzene rings is 1. The van der Waals surface area contributed by atoms with E-state index in [1.165, 1.54) is 4.44 Å². The van der Waals surface area contributed by atoms with Crippen LogP contribution >= 0.6 is 0 Å². The Kier molecular flexibility index (Phi) is 4.74. The maximum atomic E-state index is 12.9. The van der Waals surface area contributed by atoms with Crippen molar-refractivity contribution < 1.29 is 9.15 Å². The van der Waals surface area contributed by atoms with Gasteiger partial charge in [0.05, 0.1) is 0 Å². The van der Waals surface area contributed by atoms with Gasteiger partial charge >= 0.3 is 167 Å². The van der Waals surface area contributed by atoms with Crippen molar-refractivity contribution in [2.45, 2.75) is 6.54 Å². The van der Waals surface area contributed by atoms with Gasteiger partial charge in [0.15, 0.2) is 0 Å². The van der Waals surface area contributed by atoms with Crippen molar-refractivity contribution in [2.24, 2.45) is 0 Å². The van der Waals surface area contributed by atoms with Gasteiger partial charge in [-0.15, -0.1) is 0 Å². The van der Waals surface area contributed by atoms with E-state index < -0.39 is 0 Å². The third-order valence-corrected chi connectivity index (χ3v) is 7.47. The van der Waals surface area contributed by atoms with Crippen LogP contribution in [-0.4, -0.2) is 50.7 Å². The van der Waals surface area contributed by atoms with Gasteiger partial charge in [0.1, 0.15) is 0 Å². The molecule has 0 aliphatic carbocycles. The fraction of sp³-hybridized carbons (Fsp3) is 0.238. The average molecular weight is 440 g/mol. The summed E-state index contributed by atoms with van der Waals surface area (Å²) in [6, 6.07) is 11.6. The van der Waals surface area contributed by atoms with Gasteiger partial charge in [0.25, 0.3) is 0 Å². The van der Waals surface area contributed by atoms with Crippen LogP contribution in [0.2, 0.25) is 0 Å². The predicted molar refractivity (Wildman–Crippen MR) is 111 cm³/mol. The first-order valence-corrected chi connectivity index (χ1v) is 11.0. The number of ether oxygens (including phenoxy) is 1. The molecule has 0 bridgehead atoms. The zero-order chi connectivity index (χ0) is 18.9. The van der Waals surface area contributed by atoms with Gasteiger partial charge in [-0.25, -0.2) is 0 Å². The Balaban J connectivity index is 1.69. The minimum absolute atomic E-state index is 0.0541. The van der Waals surface area contributed by atoms with Gasteiger partial charge < -0.3 is 0 Å². The summed E-state index contributed by atoms with van der Waals surface area (Å²) in [5.74, 6) is 0. The van der Waals surface area contributed by atoms with E-state index in [-0.39, 0.29) is 20.1 Å². The quantitative estimate of drug-likeness (QED) is 0.389. The summed E-state index contributed by atoms with van der Waals surface area (Å²) in [7, 11) is 0. The first-order chi connectivity index (χ1) is 13.8.